The van der Waals surface area contributed by atoms with E-state index in [9.17, 15) is 0 Å². The highest BCUT2D eigenvalue weighted by molar-refractivity contribution is 9.39. The van der Waals surface area contributed by atoms with Crippen LogP contribution in [0.1, 0.15) is 6.92 Å². The van der Waals surface area contributed by atoms with Crippen molar-refractivity contribution in [2.45, 2.75) is 21.3 Å². The average Bonchev–Trinajstić information content (AvgIpc) is 2.13. The molecular weight excluding hydrogens is 304 g/mol. The fourth-order valence-electron chi connectivity index (χ4n) is 0.529. The number of epoxide rings is 1. The first-order chi connectivity index (χ1) is 3.52. The Kier molecular flexibility index (Phi) is 2.08. The molecule has 1 aliphatic heterocycles. The van der Waals surface area contributed by atoms with Crippen LogP contribution in [0.5, 0.6) is 0 Å². The van der Waals surface area contributed by atoms with Gasteiger partial charge in [-0.25, -0.2) is 0 Å². The standard InChI is InChI=1S/C4H5Br3O/c1-2-3(8-2)4(5,6)7/h2-3H,1H3. The highest BCUT2D eigenvalue weighted by atomic mass is 80.0. The van der Waals surface area contributed by atoms with Gasteiger partial charge in [0.25, 0.3) is 0 Å². The van der Waals surface area contributed by atoms with Crippen molar-refractivity contribution in [3.05, 3.63) is 0 Å². The summed E-state index contributed by atoms with van der Waals surface area (Å²) in [6.45, 7) is 2.03. The quantitative estimate of drug-likeness (QED) is 0.495. The first kappa shape index (κ1) is 7.51. The second-order valence-electron chi connectivity index (χ2n) is 1.80. The van der Waals surface area contributed by atoms with Crippen LogP contribution in [0.15, 0.2) is 0 Å². The van der Waals surface area contributed by atoms with Crippen molar-refractivity contribution in [3.8, 4) is 0 Å². The largest absolute Gasteiger partial charge is 0.366 e. The number of alkyl halides is 3. The Morgan fingerprint density at radius 1 is 1.38 bits per heavy atom. The van der Waals surface area contributed by atoms with E-state index >= 15 is 0 Å². The Bertz CT molecular complexity index is 97.9. The average molecular weight is 309 g/mol. The lowest BCUT2D eigenvalue weighted by molar-refractivity contribution is 0.386. The summed E-state index contributed by atoms with van der Waals surface area (Å²) >= 11 is 10.1. The molecule has 0 radical (unpaired) electrons. The molecule has 1 saturated heterocycles. The minimum absolute atomic E-state index is 0.202. The first-order valence-corrected chi connectivity index (χ1v) is 4.62. The van der Waals surface area contributed by atoms with Gasteiger partial charge in [-0.2, -0.15) is 0 Å². The molecule has 1 heterocycles. The minimum atomic E-state index is -0.202. The summed E-state index contributed by atoms with van der Waals surface area (Å²) in [7, 11) is 0. The number of hydrogen-bond donors (Lipinski definition) is 0. The zero-order valence-electron chi connectivity index (χ0n) is 4.20. The van der Waals surface area contributed by atoms with Crippen LogP contribution in [-0.2, 0) is 4.74 Å². The number of ether oxygens (including phenoxy) is 1. The summed E-state index contributed by atoms with van der Waals surface area (Å²) in [5, 5.41) is 0. The minimum Gasteiger partial charge on any atom is -0.366 e. The molecule has 0 N–H and O–H groups in total. The molecule has 0 spiro atoms. The summed E-state index contributed by atoms with van der Waals surface area (Å²) in [5.41, 5.74) is 0. The van der Waals surface area contributed by atoms with Gasteiger partial charge in [0.15, 0.2) is 2.14 Å². The normalized spacial score (nSPS) is 37.5. The predicted octanol–water partition coefficient (Wildman–Crippen LogP) is 2.61. The van der Waals surface area contributed by atoms with Crippen molar-refractivity contribution in [2.75, 3.05) is 0 Å². The van der Waals surface area contributed by atoms with Crippen molar-refractivity contribution in [1.82, 2.24) is 0 Å². The van der Waals surface area contributed by atoms with Gasteiger partial charge in [-0.1, -0.05) is 47.8 Å². The van der Waals surface area contributed by atoms with Gasteiger partial charge in [-0.05, 0) is 6.92 Å². The van der Waals surface area contributed by atoms with Gasteiger partial charge in [0.05, 0.1) is 6.10 Å². The second-order valence-corrected chi connectivity index (χ2v) is 8.75. The maximum atomic E-state index is 5.14. The molecule has 8 heavy (non-hydrogen) atoms. The van der Waals surface area contributed by atoms with Crippen molar-refractivity contribution >= 4 is 47.8 Å². The lowest BCUT2D eigenvalue weighted by Crippen LogP contribution is -2.10. The lowest BCUT2D eigenvalue weighted by atomic mass is 10.4. The topological polar surface area (TPSA) is 12.5 Å². The SMILES string of the molecule is CC1OC1C(Br)(Br)Br. The van der Waals surface area contributed by atoms with Crippen molar-refractivity contribution in [3.63, 3.8) is 0 Å². The van der Waals surface area contributed by atoms with E-state index in [1.54, 1.807) is 0 Å². The van der Waals surface area contributed by atoms with Gasteiger partial charge in [0, 0.05) is 0 Å². The summed E-state index contributed by atoms with van der Waals surface area (Å²) in [6, 6.07) is 0. The molecule has 0 aromatic carbocycles. The summed E-state index contributed by atoms with van der Waals surface area (Å²) in [5.74, 6) is 0. The third-order valence-electron chi connectivity index (χ3n) is 1.03. The van der Waals surface area contributed by atoms with Gasteiger partial charge >= 0.3 is 0 Å². The molecule has 1 rings (SSSR count). The van der Waals surface area contributed by atoms with E-state index in [1.165, 1.54) is 0 Å². The molecular formula is C4H5Br3O. The number of hydrogen-bond acceptors (Lipinski definition) is 1. The zero-order chi connectivity index (χ0) is 6.36. The van der Waals surface area contributed by atoms with E-state index in [2.05, 4.69) is 47.8 Å². The van der Waals surface area contributed by atoms with Gasteiger partial charge in [0.1, 0.15) is 6.10 Å². The predicted molar refractivity (Wildman–Crippen MR) is 43.8 cm³/mol. The van der Waals surface area contributed by atoms with Crippen molar-refractivity contribution in [2.24, 2.45) is 0 Å². The van der Waals surface area contributed by atoms with E-state index in [0.717, 1.165) is 0 Å². The molecule has 0 bridgehead atoms. The molecule has 0 aliphatic carbocycles. The van der Waals surface area contributed by atoms with E-state index < -0.39 is 0 Å². The lowest BCUT2D eigenvalue weighted by Gasteiger charge is -2.05. The van der Waals surface area contributed by atoms with E-state index in [-0.39, 0.29) is 8.25 Å². The molecule has 0 amide bonds. The molecule has 48 valence electrons. The van der Waals surface area contributed by atoms with Crippen LogP contribution in [0.25, 0.3) is 0 Å². The smallest absolute Gasteiger partial charge is 0.163 e. The third-order valence-corrected chi connectivity index (χ3v) is 2.39. The van der Waals surface area contributed by atoms with Crippen LogP contribution in [-0.4, -0.2) is 14.4 Å². The van der Waals surface area contributed by atoms with Crippen LogP contribution in [0.2, 0.25) is 0 Å². The van der Waals surface area contributed by atoms with Gasteiger partial charge in [-0.15, -0.1) is 0 Å². The molecule has 1 aliphatic rings. The van der Waals surface area contributed by atoms with Crippen LogP contribution in [0.4, 0.5) is 0 Å². The van der Waals surface area contributed by atoms with Crippen LogP contribution in [0.3, 0.4) is 0 Å². The van der Waals surface area contributed by atoms with E-state index in [1.807, 2.05) is 6.92 Å². The van der Waals surface area contributed by atoms with Crippen molar-refractivity contribution < 1.29 is 4.74 Å². The monoisotopic (exact) mass is 306 g/mol. The molecule has 2 atom stereocenters. The highest BCUT2D eigenvalue weighted by Crippen LogP contribution is 2.47. The van der Waals surface area contributed by atoms with Gasteiger partial charge < -0.3 is 4.74 Å². The number of rotatable bonds is 0. The van der Waals surface area contributed by atoms with Gasteiger partial charge in [-0.3, -0.25) is 0 Å². The Hall–Kier alpha value is 1.40. The number of halogens is 3. The Morgan fingerprint density at radius 2 is 1.75 bits per heavy atom. The maximum absolute atomic E-state index is 5.14. The third kappa shape index (κ3) is 1.69. The molecule has 0 aromatic heterocycles. The highest BCUT2D eigenvalue weighted by Gasteiger charge is 2.48. The molecule has 0 saturated carbocycles. The second kappa shape index (κ2) is 2.22. The molecule has 4 heteroatoms. The molecule has 2 unspecified atom stereocenters. The Labute approximate surface area is 73.5 Å². The van der Waals surface area contributed by atoms with Crippen LogP contribution >= 0.6 is 47.8 Å². The van der Waals surface area contributed by atoms with Crippen LogP contribution in [0, 0.1) is 0 Å². The molecule has 1 fully saturated rings. The van der Waals surface area contributed by atoms with Crippen molar-refractivity contribution in [1.29, 1.82) is 0 Å². The summed E-state index contributed by atoms with van der Waals surface area (Å²) in [4.78, 5) is 0. The fourth-order valence-corrected chi connectivity index (χ4v) is 1.97. The maximum Gasteiger partial charge on any atom is 0.163 e. The van der Waals surface area contributed by atoms with E-state index in [4.69, 9.17) is 4.74 Å². The summed E-state index contributed by atoms with van der Waals surface area (Å²) < 4.78 is 4.94. The molecule has 1 nitrogen and oxygen atoms in total. The van der Waals surface area contributed by atoms with Crippen LogP contribution < -0.4 is 0 Å². The summed E-state index contributed by atoms with van der Waals surface area (Å²) in [6.07, 6.45) is 0.635. The fraction of sp³-hybridized carbons (Fsp3) is 1.00. The van der Waals surface area contributed by atoms with E-state index in [0.29, 0.717) is 6.10 Å². The molecule has 0 aromatic rings. The zero-order valence-corrected chi connectivity index (χ0v) is 8.95. The Balaban J connectivity index is 2.39. The first-order valence-electron chi connectivity index (χ1n) is 2.24. The Morgan fingerprint density at radius 3 is 1.75 bits per heavy atom. The van der Waals surface area contributed by atoms with Gasteiger partial charge in [0.2, 0.25) is 0 Å².